The Morgan fingerprint density at radius 3 is 2.83 bits per heavy atom. The number of aryl methyl sites for hydroxylation is 1. The van der Waals surface area contributed by atoms with Crippen LogP contribution in [0.25, 0.3) is 0 Å². The first kappa shape index (κ1) is 20.7. The predicted molar refractivity (Wildman–Crippen MR) is 110 cm³/mol. The highest BCUT2D eigenvalue weighted by Gasteiger charge is 2.20. The fourth-order valence-electron chi connectivity index (χ4n) is 2.26. The van der Waals surface area contributed by atoms with Gasteiger partial charge in [0.05, 0.1) is 13.2 Å². The maximum absolute atomic E-state index is 5.63. The number of nitrogens with zero attached hydrogens (tertiary/aromatic N) is 1. The Kier molecular flexibility index (Phi) is 10.1. The van der Waals surface area contributed by atoms with Crippen molar-refractivity contribution in [2.75, 3.05) is 26.3 Å². The number of halogens is 1. The van der Waals surface area contributed by atoms with Gasteiger partial charge in [-0.05, 0) is 51.7 Å². The third-order valence-corrected chi connectivity index (χ3v) is 4.61. The molecule has 4 nitrogen and oxygen atoms in total. The number of rotatable bonds is 9. The standard InChI is InChI=1S/C17H29N3OS.HI/c1-4-18-17(19-9-10-21-12-15-6-7-15)20-13(2)11-16-8-5-14(3)22-16;/h5,8,13,15H,4,6-7,9-12H2,1-3H3,(H2,18,19,20);1H. The van der Waals surface area contributed by atoms with E-state index in [4.69, 9.17) is 4.74 Å². The van der Waals surface area contributed by atoms with Gasteiger partial charge in [0, 0.05) is 35.4 Å². The van der Waals surface area contributed by atoms with Crippen LogP contribution >= 0.6 is 35.3 Å². The van der Waals surface area contributed by atoms with Crippen LogP contribution in [0, 0.1) is 12.8 Å². The van der Waals surface area contributed by atoms with Gasteiger partial charge in [0.2, 0.25) is 0 Å². The summed E-state index contributed by atoms with van der Waals surface area (Å²) < 4.78 is 5.63. The van der Waals surface area contributed by atoms with E-state index >= 15 is 0 Å². The number of nitrogens with one attached hydrogen (secondary N) is 2. The van der Waals surface area contributed by atoms with Gasteiger partial charge in [0.25, 0.3) is 0 Å². The zero-order valence-corrected chi connectivity index (χ0v) is 17.6. The van der Waals surface area contributed by atoms with E-state index in [1.807, 2.05) is 11.3 Å². The number of hydrogen-bond donors (Lipinski definition) is 2. The van der Waals surface area contributed by atoms with E-state index in [-0.39, 0.29) is 24.0 Å². The van der Waals surface area contributed by atoms with Crippen molar-refractivity contribution in [3.63, 3.8) is 0 Å². The number of aliphatic imine (C=N–C) groups is 1. The molecule has 1 aromatic heterocycles. The van der Waals surface area contributed by atoms with Gasteiger partial charge >= 0.3 is 0 Å². The molecule has 23 heavy (non-hydrogen) atoms. The van der Waals surface area contributed by atoms with Crippen molar-refractivity contribution < 1.29 is 4.74 Å². The lowest BCUT2D eigenvalue weighted by Crippen LogP contribution is -2.43. The van der Waals surface area contributed by atoms with E-state index in [9.17, 15) is 0 Å². The molecule has 1 fully saturated rings. The van der Waals surface area contributed by atoms with Crippen LogP contribution in [-0.4, -0.2) is 38.3 Å². The van der Waals surface area contributed by atoms with E-state index in [0.29, 0.717) is 19.2 Å². The maximum atomic E-state index is 5.63. The summed E-state index contributed by atoms with van der Waals surface area (Å²) in [6, 6.07) is 4.76. The summed E-state index contributed by atoms with van der Waals surface area (Å²) in [4.78, 5) is 7.38. The van der Waals surface area contributed by atoms with Crippen LogP contribution in [0.4, 0.5) is 0 Å². The summed E-state index contributed by atoms with van der Waals surface area (Å²) in [6.07, 6.45) is 3.71. The summed E-state index contributed by atoms with van der Waals surface area (Å²) in [5.74, 6) is 1.71. The minimum Gasteiger partial charge on any atom is -0.379 e. The van der Waals surface area contributed by atoms with Crippen LogP contribution in [0.5, 0.6) is 0 Å². The largest absolute Gasteiger partial charge is 0.379 e. The third kappa shape index (κ3) is 8.91. The molecule has 1 aromatic rings. The summed E-state index contributed by atoms with van der Waals surface area (Å²) in [6.45, 7) is 9.66. The molecule has 0 amide bonds. The topological polar surface area (TPSA) is 45.7 Å². The first-order chi connectivity index (χ1) is 10.7. The van der Waals surface area contributed by atoms with Gasteiger partial charge in [0.15, 0.2) is 5.96 Å². The molecule has 2 rings (SSSR count). The van der Waals surface area contributed by atoms with Crippen molar-refractivity contribution in [3.8, 4) is 0 Å². The number of guanidine groups is 1. The monoisotopic (exact) mass is 451 g/mol. The van der Waals surface area contributed by atoms with E-state index < -0.39 is 0 Å². The number of thiophene rings is 1. The van der Waals surface area contributed by atoms with Crippen molar-refractivity contribution in [1.82, 2.24) is 10.6 Å². The second-order valence-corrected chi connectivity index (χ2v) is 7.41. The first-order valence-corrected chi connectivity index (χ1v) is 9.17. The highest BCUT2D eigenvalue weighted by Crippen LogP contribution is 2.28. The van der Waals surface area contributed by atoms with Crippen LogP contribution in [0.3, 0.4) is 0 Å². The van der Waals surface area contributed by atoms with Gasteiger partial charge in [-0.3, -0.25) is 4.99 Å². The maximum Gasteiger partial charge on any atom is 0.191 e. The van der Waals surface area contributed by atoms with Gasteiger partial charge < -0.3 is 15.4 Å². The lowest BCUT2D eigenvalue weighted by atomic mass is 10.2. The zero-order chi connectivity index (χ0) is 15.8. The normalized spacial score (nSPS) is 15.9. The fourth-order valence-corrected chi connectivity index (χ4v) is 3.28. The molecule has 1 aliphatic rings. The molecule has 0 bridgehead atoms. The van der Waals surface area contributed by atoms with Crippen LogP contribution < -0.4 is 10.6 Å². The Balaban J connectivity index is 0.00000264. The second kappa shape index (κ2) is 11.3. The van der Waals surface area contributed by atoms with Crippen LogP contribution in [-0.2, 0) is 11.2 Å². The molecule has 132 valence electrons. The second-order valence-electron chi connectivity index (χ2n) is 6.04. The Hall–Kier alpha value is -0.340. The summed E-state index contributed by atoms with van der Waals surface area (Å²) in [7, 11) is 0. The molecule has 6 heteroatoms. The molecule has 2 N–H and O–H groups in total. The predicted octanol–water partition coefficient (Wildman–Crippen LogP) is 3.59. The molecule has 0 radical (unpaired) electrons. The van der Waals surface area contributed by atoms with Gasteiger partial charge in [-0.1, -0.05) is 0 Å². The van der Waals surface area contributed by atoms with Crippen molar-refractivity contribution in [2.45, 2.75) is 46.1 Å². The van der Waals surface area contributed by atoms with Crippen LogP contribution in [0.1, 0.15) is 36.4 Å². The fraction of sp³-hybridized carbons (Fsp3) is 0.706. The van der Waals surface area contributed by atoms with Gasteiger partial charge in [-0.2, -0.15) is 0 Å². The SMILES string of the molecule is CCNC(=NCCOCC1CC1)NC(C)Cc1ccc(C)s1.I. The van der Waals surface area contributed by atoms with E-state index in [1.165, 1.54) is 22.6 Å². The minimum absolute atomic E-state index is 0. The summed E-state index contributed by atoms with van der Waals surface area (Å²) >= 11 is 1.87. The molecule has 0 saturated heterocycles. The smallest absolute Gasteiger partial charge is 0.191 e. The molecule has 1 saturated carbocycles. The number of ether oxygens (including phenoxy) is 1. The van der Waals surface area contributed by atoms with E-state index in [2.05, 4.69) is 48.5 Å². The van der Waals surface area contributed by atoms with Crippen molar-refractivity contribution in [2.24, 2.45) is 10.9 Å². The average molecular weight is 451 g/mol. The minimum atomic E-state index is 0. The molecule has 0 spiro atoms. The van der Waals surface area contributed by atoms with E-state index in [0.717, 1.165) is 31.4 Å². The Morgan fingerprint density at radius 2 is 2.22 bits per heavy atom. The molecule has 0 aromatic carbocycles. The van der Waals surface area contributed by atoms with Crippen molar-refractivity contribution >= 4 is 41.3 Å². The molecule has 1 unspecified atom stereocenters. The molecule has 0 aliphatic heterocycles. The molecular formula is C17H30IN3OS. The molecule has 1 aliphatic carbocycles. The van der Waals surface area contributed by atoms with Crippen molar-refractivity contribution in [1.29, 1.82) is 0 Å². The lowest BCUT2D eigenvalue weighted by molar-refractivity contribution is 0.131. The third-order valence-electron chi connectivity index (χ3n) is 3.59. The van der Waals surface area contributed by atoms with Crippen molar-refractivity contribution in [3.05, 3.63) is 21.9 Å². The van der Waals surface area contributed by atoms with Gasteiger partial charge in [-0.15, -0.1) is 35.3 Å². The van der Waals surface area contributed by atoms with Crippen LogP contribution in [0.15, 0.2) is 17.1 Å². The highest BCUT2D eigenvalue weighted by atomic mass is 127. The number of hydrogen-bond acceptors (Lipinski definition) is 3. The Bertz CT molecular complexity index is 474. The lowest BCUT2D eigenvalue weighted by Gasteiger charge is -2.17. The van der Waals surface area contributed by atoms with E-state index in [1.54, 1.807) is 0 Å². The van der Waals surface area contributed by atoms with Gasteiger partial charge in [0.1, 0.15) is 0 Å². The molecule has 1 atom stereocenters. The Labute approximate surface area is 161 Å². The quantitative estimate of drug-likeness (QED) is 0.261. The Morgan fingerprint density at radius 1 is 1.43 bits per heavy atom. The zero-order valence-electron chi connectivity index (χ0n) is 14.4. The van der Waals surface area contributed by atoms with Gasteiger partial charge in [-0.25, -0.2) is 0 Å². The summed E-state index contributed by atoms with van der Waals surface area (Å²) in [5, 5.41) is 6.78. The first-order valence-electron chi connectivity index (χ1n) is 8.35. The molecular weight excluding hydrogens is 421 g/mol. The highest BCUT2D eigenvalue weighted by molar-refractivity contribution is 14.0. The molecule has 1 heterocycles. The summed E-state index contributed by atoms with van der Waals surface area (Å²) in [5.41, 5.74) is 0. The average Bonchev–Trinajstić information content (AvgIpc) is 3.21. The van der Waals surface area contributed by atoms with Crippen LogP contribution in [0.2, 0.25) is 0 Å².